The summed E-state index contributed by atoms with van der Waals surface area (Å²) in [7, 11) is 0. The standard InChI is InChI=1S/C31H48O6/c1-17(2)9-8-10-20(28(35)36)26-22-15-24(34)27-29(5)13-12-23(33)18(3)21(29)11-14-30(27,6)31(22,7)16-25(26)37-19(4)32/h9,18,21-25,27,33-34H,8,10-16H2,1-7H3,(H,35,36)/b26-20+/t18-,21-,22?,23+,24?,25-,27?,29?,30-,31?/m0/s1. The van der Waals surface area contributed by atoms with Crippen molar-refractivity contribution in [1.82, 2.24) is 0 Å². The molecule has 0 spiro atoms. The van der Waals surface area contributed by atoms with Gasteiger partial charge in [-0.2, -0.15) is 0 Å². The molecule has 0 aliphatic heterocycles. The molecule has 6 nitrogen and oxygen atoms in total. The summed E-state index contributed by atoms with van der Waals surface area (Å²) in [6.07, 6.45) is 6.22. The van der Waals surface area contributed by atoms with Crippen molar-refractivity contribution in [3.8, 4) is 0 Å². The lowest BCUT2D eigenvalue weighted by Gasteiger charge is -2.69. The number of aliphatic carboxylic acids is 1. The van der Waals surface area contributed by atoms with Crippen LogP contribution in [-0.4, -0.2) is 45.6 Å². The van der Waals surface area contributed by atoms with Crippen molar-refractivity contribution in [3.05, 3.63) is 22.8 Å². The van der Waals surface area contributed by atoms with E-state index >= 15 is 0 Å². The van der Waals surface area contributed by atoms with Gasteiger partial charge in [-0.1, -0.05) is 39.3 Å². The Balaban J connectivity index is 1.82. The third-order valence-electron chi connectivity index (χ3n) is 11.6. The Bertz CT molecular complexity index is 994. The number of hydrogen-bond acceptors (Lipinski definition) is 5. The lowest BCUT2D eigenvalue weighted by Crippen LogP contribution is -2.65. The fourth-order valence-corrected chi connectivity index (χ4v) is 9.79. The molecule has 10 atom stereocenters. The fourth-order valence-electron chi connectivity index (χ4n) is 9.79. The molecule has 3 N–H and O–H groups in total. The quantitative estimate of drug-likeness (QED) is 0.247. The van der Waals surface area contributed by atoms with Crippen molar-refractivity contribution < 1.29 is 29.6 Å². The number of carbonyl (C=O) groups is 2. The van der Waals surface area contributed by atoms with Crippen LogP contribution in [0.3, 0.4) is 0 Å². The maximum absolute atomic E-state index is 12.6. The number of allylic oxidation sites excluding steroid dienone is 2. The summed E-state index contributed by atoms with van der Waals surface area (Å²) in [5, 5.41) is 32.9. The number of aliphatic hydroxyl groups excluding tert-OH is 2. The van der Waals surface area contributed by atoms with Crippen LogP contribution in [0.1, 0.15) is 99.8 Å². The molecule has 0 amide bonds. The van der Waals surface area contributed by atoms with E-state index in [0.29, 0.717) is 37.2 Å². The molecule has 4 rings (SSSR count). The normalized spacial score (nSPS) is 46.2. The summed E-state index contributed by atoms with van der Waals surface area (Å²) in [6.45, 7) is 14.5. The Morgan fingerprint density at radius 2 is 1.70 bits per heavy atom. The van der Waals surface area contributed by atoms with Gasteiger partial charge in [-0.05, 0) is 111 Å². The Kier molecular flexibility index (Phi) is 7.53. The van der Waals surface area contributed by atoms with E-state index in [1.807, 2.05) is 19.9 Å². The molecule has 0 aromatic heterocycles. The van der Waals surface area contributed by atoms with E-state index in [4.69, 9.17) is 4.74 Å². The van der Waals surface area contributed by atoms with E-state index in [9.17, 15) is 24.9 Å². The number of aliphatic hydroxyl groups is 2. The average molecular weight is 517 g/mol. The number of carboxylic acid groups (broad SMARTS) is 1. The van der Waals surface area contributed by atoms with E-state index in [1.54, 1.807) is 0 Å². The van der Waals surface area contributed by atoms with Gasteiger partial charge in [-0.25, -0.2) is 4.79 Å². The highest BCUT2D eigenvalue weighted by Gasteiger charge is 2.70. The Hall–Kier alpha value is -1.66. The van der Waals surface area contributed by atoms with Crippen LogP contribution in [0.15, 0.2) is 22.8 Å². The monoisotopic (exact) mass is 516 g/mol. The van der Waals surface area contributed by atoms with Crippen molar-refractivity contribution in [3.63, 3.8) is 0 Å². The van der Waals surface area contributed by atoms with Crippen LogP contribution in [0, 0.1) is 39.9 Å². The van der Waals surface area contributed by atoms with Gasteiger partial charge < -0.3 is 20.1 Å². The minimum Gasteiger partial charge on any atom is -0.478 e. The highest BCUT2D eigenvalue weighted by Crippen LogP contribution is 2.74. The highest BCUT2D eigenvalue weighted by molar-refractivity contribution is 5.88. The molecule has 4 fully saturated rings. The highest BCUT2D eigenvalue weighted by atomic mass is 16.5. The van der Waals surface area contributed by atoms with Gasteiger partial charge in [0, 0.05) is 12.5 Å². The van der Waals surface area contributed by atoms with E-state index in [2.05, 4.69) is 27.7 Å². The first-order valence-corrected chi connectivity index (χ1v) is 14.3. The molecule has 4 aliphatic carbocycles. The molecule has 0 heterocycles. The van der Waals surface area contributed by atoms with E-state index in [1.165, 1.54) is 6.92 Å². The lowest BCUT2D eigenvalue weighted by atomic mass is 9.36. The summed E-state index contributed by atoms with van der Waals surface area (Å²) in [5.41, 5.74) is 1.57. The van der Waals surface area contributed by atoms with E-state index in [0.717, 1.165) is 36.8 Å². The third-order valence-corrected chi connectivity index (χ3v) is 11.6. The van der Waals surface area contributed by atoms with Crippen LogP contribution in [0.5, 0.6) is 0 Å². The summed E-state index contributed by atoms with van der Waals surface area (Å²) in [4.78, 5) is 24.8. The van der Waals surface area contributed by atoms with Crippen LogP contribution in [-0.2, 0) is 14.3 Å². The van der Waals surface area contributed by atoms with Gasteiger partial charge in [-0.15, -0.1) is 0 Å². The summed E-state index contributed by atoms with van der Waals surface area (Å²) in [6, 6.07) is 0. The zero-order valence-corrected chi connectivity index (χ0v) is 23.8. The average Bonchev–Trinajstić information content (AvgIpc) is 3.05. The van der Waals surface area contributed by atoms with Gasteiger partial charge in [0.2, 0.25) is 0 Å². The molecule has 4 aliphatic rings. The topological polar surface area (TPSA) is 104 Å². The number of fused-ring (bicyclic) bond motifs is 5. The first-order valence-electron chi connectivity index (χ1n) is 14.3. The summed E-state index contributed by atoms with van der Waals surface area (Å²) in [5.74, 6) is -0.909. The second-order valence-corrected chi connectivity index (χ2v) is 13.6. The van der Waals surface area contributed by atoms with Crippen LogP contribution in [0.2, 0.25) is 0 Å². The fraction of sp³-hybridized carbons (Fsp3) is 0.806. The first kappa shape index (κ1) is 28.4. The molecule has 5 unspecified atom stereocenters. The van der Waals surface area contributed by atoms with Crippen LogP contribution >= 0.6 is 0 Å². The number of esters is 1. The minimum absolute atomic E-state index is 0.0474. The van der Waals surface area contributed by atoms with Crippen molar-refractivity contribution in [1.29, 1.82) is 0 Å². The zero-order chi connectivity index (χ0) is 27.5. The number of hydrogen-bond donors (Lipinski definition) is 3. The van der Waals surface area contributed by atoms with Gasteiger partial charge in [0.15, 0.2) is 0 Å². The lowest BCUT2D eigenvalue weighted by molar-refractivity contribution is -0.234. The molecule has 0 aromatic carbocycles. The van der Waals surface area contributed by atoms with Crippen LogP contribution in [0.4, 0.5) is 0 Å². The summed E-state index contributed by atoms with van der Waals surface area (Å²) < 4.78 is 5.87. The van der Waals surface area contributed by atoms with E-state index < -0.39 is 24.1 Å². The predicted molar refractivity (Wildman–Crippen MR) is 143 cm³/mol. The van der Waals surface area contributed by atoms with Gasteiger partial charge in [0.1, 0.15) is 6.10 Å². The molecule has 0 aromatic rings. The smallest absolute Gasteiger partial charge is 0.331 e. The van der Waals surface area contributed by atoms with Crippen molar-refractivity contribution >= 4 is 11.9 Å². The summed E-state index contributed by atoms with van der Waals surface area (Å²) >= 11 is 0. The molecule has 0 saturated heterocycles. The Morgan fingerprint density at radius 3 is 2.30 bits per heavy atom. The van der Waals surface area contributed by atoms with Gasteiger partial charge >= 0.3 is 11.9 Å². The number of rotatable bonds is 5. The predicted octanol–water partition coefficient (Wildman–Crippen LogP) is 5.67. The molecule has 6 heteroatoms. The number of carboxylic acids is 1. The Labute approximate surface area is 222 Å². The zero-order valence-electron chi connectivity index (χ0n) is 23.8. The van der Waals surface area contributed by atoms with E-state index in [-0.39, 0.29) is 40.1 Å². The molecular weight excluding hydrogens is 468 g/mol. The molecule has 0 bridgehead atoms. The minimum atomic E-state index is -0.953. The SMILES string of the molecule is CC(=O)O[C@H]1CC2(C)C(CC(O)C3C4(C)CC[C@@H](O)[C@@H](C)[C@@H]4CC[C@@]32C)/C1=C(/CCC=C(C)C)C(=O)O. The Morgan fingerprint density at radius 1 is 1.03 bits per heavy atom. The van der Waals surface area contributed by atoms with Crippen LogP contribution < -0.4 is 0 Å². The molecule has 37 heavy (non-hydrogen) atoms. The number of ether oxygens (including phenoxy) is 1. The largest absolute Gasteiger partial charge is 0.478 e. The second kappa shape index (κ2) is 9.82. The van der Waals surface area contributed by atoms with Gasteiger partial charge in [0.05, 0.1) is 12.2 Å². The molecule has 0 radical (unpaired) electrons. The van der Waals surface area contributed by atoms with Gasteiger partial charge in [0.25, 0.3) is 0 Å². The second-order valence-electron chi connectivity index (χ2n) is 13.6. The maximum atomic E-state index is 12.6. The van der Waals surface area contributed by atoms with Gasteiger partial charge in [-0.3, -0.25) is 4.79 Å². The third kappa shape index (κ3) is 4.40. The maximum Gasteiger partial charge on any atom is 0.331 e. The molecular formula is C31H48O6. The van der Waals surface area contributed by atoms with Crippen molar-refractivity contribution in [2.45, 2.75) is 118 Å². The van der Waals surface area contributed by atoms with Crippen LogP contribution in [0.25, 0.3) is 0 Å². The first-order chi connectivity index (χ1) is 17.2. The molecule has 4 saturated carbocycles. The van der Waals surface area contributed by atoms with Crippen molar-refractivity contribution in [2.24, 2.45) is 39.9 Å². The number of carbonyl (C=O) groups excluding carboxylic acids is 1. The molecule has 208 valence electrons. The van der Waals surface area contributed by atoms with Crippen molar-refractivity contribution in [2.75, 3.05) is 0 Å².